The number of nitrogens with zero attached hydrogens (tertiary/aromatic N) is 3. The van der Waals surface area contributed by atoms with Gasteiger partial charge in [-0.3, -0.25) is 14.6 Å². The van der Waals surface area contributed by atoms with Gasteiger partial charge in [0.2, 0.25) is 0 Å². The summed E-state index contributed by atoms with van der Waals surface area (Å²) in [6, 6.07) is 5.71. The van der Waals surface area contributed by atoms with Crippen molar-refractivity contribution >= 4 is 5.91 Å². The molecule has 0 radical (unpaired) electrons. The van der Waals surface area contributed by atoms with E-state index in [2.05, 4.69) is 9.80 Å². The first-order chi connectivity index (χ1) is 14.9. The van der Waals surface area contributed by atoms with E-state index < -0.39 is 0 Å². The zero-order valence-electron chi connectivity index (χ0n) is 18.7. The van der Waals surface area contributed by atoms with Gasteiger partial charge in [-0.2, -0.15) is 0 Å². The Hall–Kier alpha value is -1.58. The zero-order chi connectivity index (χ0) is 22.2. The van der Waals surface area contributed by atoms with Crippen molar-refractivity contribution in [1.82, 2.24) is 14.7 Å². The Morgan fingerprint density at radius 1 is 1.16 bits per heavy atom. The van der Waals surface area contributed by atoms with Crippen LogP contribution in [-0.4, -0.2) is 110 Å². The van der Waals surface area contributed by atoms with E-state index in [1.807, 2.05) is 18.7 Å². The first-order valence-corrected chi connectivity index (χ1v) is 11.3. The summed E-state index contributed by atoms with van der Waals surface area (Å²) in [5, 5.41) is 10.2. The van der Waals surface area contributed by atoms with E-state index in [4.69, 9.17) is 9.47 Å². The molecule has 8 heteroatoms. The van der Waals surface area contributed by atoms with Crippen LogP contribution in [0.4, 0.5) is 4.39 Å². The zero-order valence-corrected chi connectivity index (χ0v) is 18.7. The Bertz CT molecular complexity index is 682. The molecule has 1 aromatic rings. The minimum absolute atomic E-state index is 0.115. The molecule has 0 spiro atoms. The fourth-order valence-corrected chi connectivity index (χ4v) is 3.92. The monoisotopic (exact) mass is 437 g/mol. The summed E-state index contributed by atoms with van der Waals surface area (Å²) in [5.41, 5.74) is 0.478. The van der Waals surface area contributed by atoms with E-state index in [-0.39, 0.29) is 29.9 Å². The maximum absolute atomic E-state index is 13.3. The molecule has 1 aromatic carbocycles. The second-order valence-corrected chi connectivity index (χ2v) is 8.78. The summed E-state index contributed by atoms with van der Waals surface area (Å²) < 4.78 is 24.7. The van der Waals surface area contributed by atoms with Crippen LogP contribution in [0.1, 0.15) is 24.2 Å². The highest BCUT2D eigenvalue weighted by Gasteiger charge is 2.27. The van der Waals surface area contributed by atoms with Crippen molar-refractivity contribution in [1.29, 1.82) is 0 Å². The first-order valence-electron chi connectivity index (χ1n) is 11.3. The van der Waals surface area contributed by atoms with Gasteiger partial charge in [0.15, 0.2) is 0 Å². The van der Waals surface area contributed by atoms with Gasteiger partial charge in [-0.05, 0) is 30.2 Å². The number of aliphatic hydroxyl groups excluding tert-OH is 1. The molecule has 1 N–H and O–H groups in total. The molecule has 174 valence electrons. The lowest BCUT2D eigenvalue weighted by molar-refractivity contribution is -0.0550. The predicted octanol–water partition coefficient (Wildman–Crippen LogP) is 1.32. The molecule has 0 aliphatic carbocycles. The van der Waals surface area contributed by atoms with Gasteiger partial charge in [0, 0.05) is 57.9 Å². The Balaban J connectivity index is 1.63. The number of morpholine rings is 2. The maximum atomic E-state index is 13.3. The number of ether oxygens (including phenoxy) is 2. The van der Waals surface area contributed by atoms with Crippen molar-refractivity contribution in [2.24, 2.45) is 5.92 Å². The number of hydrogen-bond acceptors (Lipinski definition) is 6. The highest BCUT2D eigenvalue weighted by molar-refractivity contribution is 5.94. The summed E-state index contributed by atoms with van der Waals surface area (Å²) in [5.74, 6) is -0.269. The van der Waals surface area contributed by atoms with E-state index in [0.29, 0.717) is 51.6 Å². The molecule has 2 aliphatic rings. The fourth-order valence-electron chi connectivity index (χ4n) is 3.92. The third-order valence-corrected chi connectivity index (χ3v) is 6.03. The van der Waals surface area contributed by atoms with Crippen molar-refractivity contribution in [3.8, 4) is 0 Å². The van der Waals surface area contributed by atoms with Gasteiger partial charge in [-0.15, -0.1) is 0 Å². The molecule has 0 aromatic heterocycles. The van der Waals surface area contributed by atoms with E-state index >= 15 is 0 Å². The molecule has 7 nitrogen and oxygen atoms in total. The van der Waals surface area contributed by atoms with Crippen LogP contribution < -0.4 is 0 Å². The summed E-state index contributed by atoms with van der Waals surface area (Å²) in [7, 11) is 0. The Kier molecular flexibility index (Phi) is 9.22. The van der Waals surface area contributed by atoms with Crippen LogP contribution in [0.3, 0.4) is 0 Å². The topological polar surface area (TPSA) is 65.5 Å². The van der Waals surface area contributed by atoms with Crippen LogP contribution in [0.2, 0.25) is 0 Å². The number of β-amino-alcohol motifs (C(OH)–C–C–N with tert-alkyl or cyclic N) is 1. The molecule has 2 aliphatic heterocycles. The molecular formula is C23H36FN3O4. The number of rotatable bonds is 9. The average Bonchev–Trinajstić information content (AvgIpc) is 2.77. The molecule has 2 saturated heterocycles. The number of hydrogen-bond donors (Lipinski definition) is 1. The molecule has 3 rings (SSSR count). The second-order valence-electron chi connectivity index (χ2n) is 8.78. The number of halogens is 1. The second kappa shape index (κ2) is 11.9. The van der Waals surface area contributed by atoms with Crippen LogP contribution in [0.15, 0.2) is 24.3 Å². The highest BCUT2D eigenvalue weighted by Crippen LogP contribution is 2.14. The highest BCUT2D eigenvalue weighted by atomic mass is 19.1. The van der Waals surface area contributed by atoms with Gasteiger partial charge < -0.3 is 19.5 Å². The standard InChI is InChI=1S/C23H36FN3O4/c1-18(2)22(28)17-26-11-14-31-21(15-26)16-27(8-7-25-9-12-30-13-10-25)23(29)19-3-5-20(24)6-4-19/h3-6,18,21-22,28H,7-17H2,1-2H3/t21-,22-/m1/s1. The summed E-state index contributed by atoms with van der Waals surface area (Å²) in [6.45, 7) is 11.6. The van der Waals surface area contributed by atoms with Crippen LogP contribution in [-0.2, 0) is 9.47 Å². The molecular weight excluding hydrogens is 401 g/mol. The van der Waals surface area contributed by atoms with Crippen molar-refractivity contribution in [3.63, 3.8) is 0 Å². The van der Waals surface area contributed by atoms with Crippen LogP contribution >= 0.6 is 0 Å². The fraction of sp³-hybridized carbons (Fsp3) is 0.696. The predicted molar refractivity (Wildman–Crippen MR) is 117 cm³/mol. The molecule has 2 heterocycles. The van der Waals surface area contributed by atoms with E-state index in [1.165, 1.54) is 24.3 Å². The lowest BCUT2D eigenvalue weighted by atomic mass is 10.1. The summed E-state index contributed by atoms with van der Waals surface area (Å²) in [6.07, 6.45) is -0.501. The average molecular weight is 438 g/mol. The van der Waals surface area contributed by atoms with Crippen LogP contribution in [0.25, 0.3) is 0 Å². The number of carbonyl (C=O) groups excluding carboxylic acids is 1. The van der Waals surface area contributed by atoms with Gasteiger partial charge in [0.05, 0.1) is 32.0 Å². The van der Waals surface area contributed by atoms with Gasteiger partial charge in [-0.1, -0.05) is 13.8 Å². The Morgan fingerprint density at radius 2 is 1.84 bits per heavy atom. The van der Waals surface area contributed by atoms with Crippen molar-refractivity contribution in [3.05, 3.63) is 35.6 Å². The summed E-state index contributed by atoms with van der Waals surface area (Å²) >= 11 is 0. The number of aliphatic hydroxyl groups is 1. The lowest BCUT2D eigenvalue weighted by Crippen LogP contribution is -2.52. The van der Waals surface area contributed by atoms with Gasteiger partial charge in [0.1, 0.15) is 5.82 Å². The lowest BCUT2D eigenvalue weighted by Gasteiger charge is -2.37. The van der Waals surface area contributed by atoms with Crippen molar-refractivity contribution < 1.29 is 23.8 Å². The molecule has 2 fully saturated rings. The number of benzene rings is 1. The third-order valence-electron chi connectivity index (χ3n) is 6.03. The quantitative estimate of drug-likeness (QED) is 0.629. The Labute approximate surface area is 184 Å². The largest absolute Gasteiger partial charge is 0.392 e. The van der Waals surface area contributed by atoms with Crippen LogP contribution in [0, 0.1) is 11.7 Å². The third kappa shape index (κ3) is 7.50. The van der Waals surface area contributed by atoms with E-state index in [9.17, 15) is 14.3 Å². The maximum Gasteiger partial charge on any atom is 0.253 e. The SMILES string of the molecule is CC(C)[C@H](O)CN1CCO[C@@H](CN(CCN2CCOCC2)C(=O)c2ccc(F)cc2)C1. The molecule has 2 atom stereocenters. The first kappa shape index (κ1) is 24.1. The van der Waals surface area contributed by atoms with Gasteiger partial charge in [0.25, 0.3) is 5.91 Å². The molecule has 0 bridgehead atoms. The smallest absolute Gasteiger partial charge is 0.253 e. The minimum Gasteiger partial charge on any atom is -0.392 e. The number of carbonyl (C=O) groups is 1. The normalized spacial score (nSPS) is 21.9. The van der Waals surface area contributed by atoms with Crippen LogP contribution in [0.5, 0.6) is 0 Å². The Morgan fingerprint density at radius 3 is 2.52 bits per heavy atom. The van der Waals surface area contributed by atoms with Gasteiger partial charge >= 0.3 is 0 Å². The molecule has 1 amide bonds. The van der Waals surface area contributed by atoms with E-state index in [1.54, 1.807) is 0 Å². The number of amides is 1. The van der Waals surface area contributed by atoms with Gasteiger partial charge in [-0.25, -0.2) is 4.39 Å². The summed E-state index contributed by atoms with van der Waals surface area (Å²) in [4.78, 5) is 19.5. The molecule has 31 heavy (non-hydrogen) atoms. The molecule has 0 unspecified atom stereocenters. The minimum atomic E-state index is -0.378. The molecule has 0 saturated carbocycles. The van der Waals surface area contributed by atoms with Crippen molar-refractivity contribution in [2.45, 2.75) is 26.1 Å². The van der Waals surface area contributed by atoms with Crippen molar-refractivity contribution in [2.75, 3.05) is 72.2 Å². The van der Waals surface area contributed by atoms with E-state index in [0.717, 1.165) is 26.2 Å².